The molecule has 0 aliphatic rings. The highest BCUT2D eigenvalue weighted by Gasteiger charge is 2.17. The summed E-state index contributed by atoms with van der Waals surface area (Å²) in [6, 6.07) is 83.2. The molecule has 0 aliphatic heterocycles. The topological polar surface area (TPSA) is 6.48 Å². The number of hydrogen-bond acceptors (Lipinski definition) is 2. The normalized spacial score (nSPS) is 11.3. The molecule has 0 fully saturated rings. The number of anilines is 6. The van der Waals surface area contributed by atoms with Gasteiger partial charge in [-0.25, -0.2) is 0 Å². The second kappa shape index (κ2) is 17.0. The van der Waals surface area contributed by atoms with E-state index in [-0.39, 0.29) is 0 Å². The number of rotatable bonds is 10. The lowest BCUT2D eigenvalue weighted by Crippen LogP contribution is -2.11. The number of fused-ring (bicyclic) bond motifs is 2. The fraction of sp³-hybridized carbons (Fsp3) is 0.0333. The van der Waals surface area contributed by atoms with Gasteiger partial charge in [0.1, 0.15) is 0 Å². The lowest BCUT2D eigenvalue weighted by atomic mass is 10.0. The first-order valence-corrected chi connectivity index (χ1v) is 21.3. The monoisotopic (exact) mass is 794 g/mol. The number of aryl methyl sites for hydroxylation is 2. The Hall–Kier alpha value is -7.94. The van der Waals surface area contributed by atoms with Gasteiger partial charge in [-0.05, 0) is 141 Å². The Morgan fingerprint density at radius 3 is 0.952 bits per heavy atom. The van der Waals surface area contributed by atoms with Crippen LogP contribution in [0.2, 0.25) is 0 Å². The van der Waals surface area contributed by atoms with Crippen molar-refractivity contribution in [3.05, 3.63) is 253 Å². The highest BCUT2D eigenvalue weighted by molar-refractivity contribution is 5.91. The van der Waals surface area contributed by atoms with Gasteiger partial charge in [0.2, 0.25) is 0 Å². The van der Waals surface area contributed by atoms with Gasteiger partial charge in [0, 0.05) is 34.1 Å². The molecule has 2 nitrogen and oxygen atoms in total. The largest absolute Gasteiger partial charge is 0.310 e. The van der Waals surface area contributed by atoms with E-state index in [9.17, 15) is 0 Å². The van der Waals surface area contributed by atoms with Gasteiger partial charge < -0.3 is 9.80 Å². The van der Waals surface area contributed by atoms with E-state index in [0.29, 0.717) is 0 Å². The van der Waals surface area contributed by atoms with Crippen molar-refractivity contribution in [3.8, 4) is 22.3 Å². The quantitative estimate of drug-likeness (QED) is 0.127. The average molecular weight is 795 g/mol. The van der Waals surface area contributed by atoms with Crippen LogP contribution < -0.4 is 9.80 Å². The van der Waals surface area contributed by atoms with Crippen LogP contribution in [0.1, 0.15) is 22.3 Å². The number of para-hydroxylation sites is 2. The van der Waals surface area contributed by atoms with Crippen molar-refractivity contribution in [2.24, 2.45) is 0 Å². The highest BCUT2D eigenvalue weighted by Crippen LogP contribution is 2.40. The van der Waals surface area contributed by atoms with E-state index in [2.05, 4.69) is 266 Å². The van der Waals surface area contributed by atoms with Gasteiger partial charge in [0.25, 0.3) is 0 Å². The summed E-state index contributed by atoms with van der Waals surface area (Å²) in [5, 5.41) is 4.94. The van der Waals surface area contributed by atoms with Crippen molar-refractivity contribution in [2.75, 3.05) is 9.80 Å². The third-order valence-electron chi connectivity index (χ3n) is 11.9. The molecule has 0 unspecified atom stereocenters. The van der Waals surface area contributed by atoms with Gasteiger partial charge in [-0.3, -0.25) is 0 Å². The predicted octanol–water partition coefficient (Wildman–Crippen LogP) is 17.1. The molecule has 0 heterocycles. The Morgan fingerprint density at radius 1 is 0.274 bits per heavy atom. The summed E-state index contributed by atoms with van der Waals surface area (Å²) in [6.45, 7) is 4.35. The third-order valence-corrected chi connectivity index (χ3v) is 11.9. The third kappa shape index (κ3) is 7.90. The number of benzene rings is 10. The van der Waals surface area contributed by atoms with Crippen molar-refractivity contribution in [1.82, 2.24) is 0 Å². The predicted molar refractivity (Wildman–Crippen MR) is 267 cm³/mol. The maximum atomic E-state index is 2.36. The zero-order valence-electron chi connectivity index (χ0n) is 35.0. The summed E-state index contributed by atoms with van der Waals surface area (Å²) in [7, 11) is 0. The van der Waals surface area contributed by atoms with E-state index in [1.807, 2.05) is 0 Å². The fourth-order valence-electron chi connectivity index (χ4n) is 8.49. The van der Waals surface area contributed by atoms with Crippen molar-refractivity contribution < 1.29 is 0 Å². The highest BCUT2D eigenvalue weighted by atomic mass is 15.1. The van der Waals surface area contributed by atoms with E-state index >= 15 is 0 Å². The second-order valence-electron chi connectivity index (χ2n) is 16.0. The minimum Gasteiger partial charge on any atom is -0.310 e. The van der Waals surface area contributed by atoms with Crippen LogP contribution in [0.25, 0.3) is 56.0 Å². The summed E-state index contributed by atoms with van der Waals surface area (Å²) in [5.74, 6) is 0. The minimum absolute atomic E-state index is 1.13. The van der Waals surface area contributed by atoms with E-state index in [1.54, 1.807) is 0 Å². The summed E-state index contributed by atoms with van der Waals surface area (Å²) in [5.41, 5.74) is 16.4. The zero-order valence-corrected chi connectivity index (χ0v) is 35.0. The molecule has 10 rings (SSSR count). The van der Waals surface area contributed by atoms with Gasteiger partial charge >= 0.3 is 0 Å². The minimum atomic E-state index is 1.13. The van der Waals surface area contributed by atoms with Crippen LogP contribution in [0.3, 0.4) is 0 Å². The maximum Gasteiger partial charge on any atom is 0.0490 e. The van der Waals surface area contributed by atoms with Crippen LogP contribution in [0, 0.1) is 13.8 Å². The Kier molecular flexibility index (Phi) is 10.5. The van der Waals surface area contributed by atoms with Crippen LogP contribution in [-0.4, -0.2) is 0 Å². The Bertz CT molecular complexity index is 2960. The van der Waals surface area contributed by atoms with Crippen molar-refractivity contribution >= 4 is 67.8 Å². The molecular weight excluding hydrogens is 749 g/mol. The zero-order chi connectivity index (χ0) is 41.8. The summed E-state index contributed by atoms with van der Waals surface area (Å²) >= 11 is 0. The summed E-state index contributed by atoms with van der Waals surface area (Å²) in [6.07, 6.45) is 4.38. The molecular formula is C60H46N2. The van der Waals surface area contributed by atoms with Gasteiger partial charge in [-0.2, -0.15) is 0 Å². The van der Waals surface area contributed by atoms with Crippen LogP contribution in [-0.2, 0) is 0 Å². The van der Waals surface area contributed by atoms with Gasteiger partial charge in [0.05, 0.1) is 0 Å². The van der Waals surface area contributed by atoms with Crippen molar-refractivity contribution in [2.45, 2.75) is 13.8 Å². The molecule has 0 aromatic heterocycles. The number of nitrogens with zero attached hydrogens (tertiary/aromatic N) is 2. The standard InChI is InChI=1S/C60H46N2/c1-43-11-3-9-17-59(43)61(57-39-33-47-13-5-7-15-53(47)41-57)55-35-29-51(30-36-55)49-25-21-45(22-26-49)19-20-46-23-27-50(28-24-46)52-31-37-56(38-32-52)62(60-18-10-4-12-44(60)2)58-40-34-48-14-6-8-16-54(48)42-58/h3-42H,1-2H3/b20-19+. The summed E-state index contributed by atoms with van der Waals surface area (Å²) < 4.78 is 0. The molecule has 2 heteroatoms. The van der Waals surface area contributed by atoms with E-state index < -0.39 is 0 Å². The molecule has 10 aromatic carbocycles. The molecule has 296 valence electrons. The molecule has 62 heavy (non-hydrogen) atoms. The van der Waals surface area contributed by atoms with Gasteiger partial charge in [0.15, 0.2) is 0 Å². The van der Waals surface area contributed by atoms with E-state index in [1.165, 1.54) is 66.3 Å². The van der Waals surface area contributed by atoms with Crippen LogP contribution in [0.15, 0.2) is 231 Å². The lowest BCUT2D eigenvalue weighted by molar-refractivity contribution is 1.25. The first kappa shape index (κ1) is 38.3. The average Bonchev–Trinajstić information content (AvgIpc) is 3.33. The molecule has 0 radical (unpaired) electrons. The van der Waals surface area contributed by atoms with E-state index in [4.69, 9.17) is 0 Å². The van der Waals surface area contributed by atoms with Crippen LogP contribution in [0.5, 0.6) is 0 Å². The molecule has 0 N–H and O–H groups in total. The Labute approximate surface area is 364 Å². The number of hydrogen-bond donors (Lipinski definition) is 0. The van der Waals surface area contributed by atoms with Crippen molar-refractivity contribution in [1.29, 1.82) is 0 Å². The molecule has 0 saturated heterocycles. The molecule has 0 atom stereocenters. The molecule has 0 aliphatic carbocycles. The molecule has 10 aromatic rings. The first-order chi connectivity index (χ1) is 30.5. The Morgan fingerprint density at radius 2 is 0.581 bits per heavy atom. The molecule has 0 saturated carbocycles. The molecule has 0 amide bonds. The van der Waals surface area contributed by atoms with Crippen LogP contribution in [0.4, 0.5) is 34.1 Å². The smallest absolute Gasteiger partial charge is 0.0490 e. The fourth-order valence-corrected chi connectivity index (χ4v) is 8.49. The first-order valence-electron chi connectivity index (χ1n) is 21.3. The lowest BCUT2D eigenvalue weighted by Gasteiger charge is -2.27. The van der Waals surface area contributed by atoms with Gasteiger partial charge in [-0.15, -0.1) is 0 Å². The molecule has 0 bridgehead atoms. The maximum absolute atomic E-state index is 2.36. The second-order valence-corrected chi connectivity index (χ2v) is 16.0. The van der Waals surface area contributed by atoms with Crippen LogP contribution >= 0.6 is 0 Å². The molecule has 0 spiro atoms. The Balaban J connectivity index is 0.837. The van der Waals surface area contributed by atoms with Gasteiger partial charge in [-0.1, -0.05) is 182 Å². The SMILES string of the molecule is Cc1ccccc1N(c1ccc(-c2ccc(/C=C/c3ccc(-c4ccc(N(c5ccc6ccccc6c5)c5ccccc5C)cc4)cc3)cc2)cc1)c1ccc2ccccc2c1. The summed E-state index contributed by atoms with van der Waals surface area (Å²) in [4.78, 5) is 4.71. The van der Waals surface area contributed by atoms with E-state index in [0.717, 1.165) is 33.9 Å². The van der Waals surface area contributed by atoms with Crippen molar-refractivity contribution in [3.63, 3.8) is 0 Å².